The second-order valence-corrected chi connectivity index (χ2v) is 6.67. The van der Waals surface area contributed by atoms with Crippen LogP contribution in [-0.2, 0) is 0 Å². The minimum absolute atomic E-state index is 0.616. The Hall–Kier alpha value is -1.40. The quantitative estimate of drug-likeness (QED) is 0.859. The van der Waals surface area contributed by atoms with Gasteiger partial charge in [-0.1, -0.05) is 6.92 Å². The van der Waals surface area contributed by atoms with Crippen molar-refractivity contribution in [1.82, 2.24) is 14.9 Å². The molecule has 0 amide bonds. The van der Waals surface area contributed by atoms with E-state index >= 15 is 0 Å². The predicted molar refractivity (Wildman–Crippen MR) is 90.3 cm³/mol. The van der Waals surface area contributed by atoms with E-state index in [1.807, 2.05) is 7.05 Å². The first kappa shape index (κ1) is 14.5. The van der Waals surface area contributed by atoms with E-state index in [4.69, 9.17) is 0 Å². The van der Waals surface area contributed by atoms with Gasteiger partial charge in [-0.2, -0.15) is 4.98 Å². The fourth-order valence-corrected chi connectivity index (χ4v) is 3.61. The van der Waals surface area contributed by atoms with Crippen molar-refractivity contribution in [2.45, 2.75) is 19.8 Å². The van der Waals surface area contributed by atoms with Gasteiger partial charge in [-0.3, -0.25) is 0 Å². The Labute approximate surface area is 129 Å². The monoisotopic (exact) mass is 305 g/mol. The lowest BCUT2D eigenvalue weighted by molar-refractivity contribution is 0.294. The lowest BCUT2D eigenvalue weighted by atomic mass is 10.1. The van der Waals surface area contributed by atoms with Crippen molar-refractivity contribution >= 4 is 33.3 Å². The van der Waals surface area contributed by atoms with Gasteiger partial charge < -0.3 is 15.5 Å². The van der Waals surface area contributed by atoms with E-state index < -0.39 is 0 Å². The molecule has 0 saturated carbocycles. The number of nitrogens with zero attached hydrogens (tertiary/aromatic N) is 3. The van der Waals surface area contributed by atoms with E-state index in [9.17, 15) is 0 Å². The molecule has 0 spiro atoms. The molecule has 1 aliphatic heterocycles. The van der Waals surface area contributed by atoms with Crippen LogP contribution in [0, 0.1) is 5.92 Å². The maximum atomic E-state index is 4.56. The van der Waals surface area contributed by atoms with E-state index in [1.165, 1.54) is 32.5 Å². The lowest BCUT2D eigenvalue weighted by Gasteiger charge is -2.20. The first-order valence-corrected chi connectivity index (χ1v) is 8.53. The van der Waals surface area contributed by atoms with Crippen molar-refractivity contribution in [3.8, 4) is 0 Å². The summed E-state index contributed by atoms with van der Waals surface area (Å²) in [6.45, 7) is 6.94. The van der Waals surface area contributed by atoms with Gasteiger partial charge in [0.2, 0.25) is 5.95 Å². The maximum absolute atomic E-state index is 4.56. The van der Waals surface area contributed by atoms with Crippen LogP contribution in [0.3, 0.4) is 0 Å². The molecule has 1 saturated heterocycles. The Morgan fingerprint density at radius 2 is 2.14 bits per heavy atom. The molecule has 2 aromatic heterocycles. The molecular weight excluding hydrogens is 282 g/mol. The van der Waals surface area contributed by atoms with Crippen molar-refractivity contribution in [2.75, 3.05) is 43.9 Å². The fourth-order valence-electron chi connectivity index (χ4n) is 2.84. The van der Waals surface area contributed by atoms with Gasteiger partial charge in [0.05, 0.1) is 5.39 Å². The summed E-state index contributed by atoms with van der Waals surface area (Å²) in [5.74, 6) is 2.24. The average Bonchev–Trinajstić information content (AvgIpc) is 3.15. The van der Waals surface area contributed by atoms with Crippen molar-refractivity contribution in [1.29, 1.82) is 0 Å². The van der Waals surface area contributed by atoms with Crippen LogP contribution in [0.15, 0.2) is 11.4 Å². The standard InChI is InChI=1S/C15H23N5S/c1-11(10-20-6-3-4-7-20)9-17-13-12-5-8-21-14(12)19-15(16-2)18-13/h5,8,11H,3-4,6-7,9-10H2,1-2H3,(H2,16,17,18,19). The molecule has 3 rings (SSSR count). The number of thiophene rings is 1. The molecule has 5 nitrogen and oxygen atoms in total. The predicted octanol–water partition coefficient (Wildman–Crippen LogP) is 2.88. The van der Waals surface area contributed by atoms with Crippen LogP contribution >= 0.6 is 11.3 Å². The SMILES string of the molecule is CNc1nc(NCC(C)CN2CCCC2)c2ccsc2n1. The number of fused-ring (bicyclic) bond motifs is 1. The van der Waals surface area contributed by atoms with E-state index in [1.54, 1.807) is 11.3 Å². The lowest BCUT2D eigenvalue weighted by Crippen LogP contribution is -2.29. The zero-order valence-corrected chi connectivity index (χ0v) is 13.5. The van der Waals surface area contributed by atoms with Crippen LogP contribution in [0.2, 0.25) is 0 Å². The first-order chi connectivity index (χ1) is 10.3. The molecule has 1 atom stereocenters. The van der Waals surface area contributed by atoms with E-state index in [0.717, 1.165) is 22.6 Å². The molecule has 1 aliphatic rings. The van der Waals surface area contributed by atoms with Crippen LogP contribution in [-0.4, -0.2) is 48.1 Å². The van der Waals surface area contributed by atoms with Crippen LogP contribution < -0.4 is 10.6 Å². The highest BCUT2D eigenvalue weighted by molar-refractivity contribution is 7.16. The number of rotatable bonds is 6. The molecule has 2 N–H and O–H groups in total. The van der Waals surface area contributed by atoms with Crippen LogP contribution in [0.5, 0.6) is 0 Å². The van der Waals surface area contributed by atoms with Crippen molar-refractivity contribution in [2.24, 2.45) is 5.92 Å². The van der Waals surface area contributed by atoms with Crippen molar-refractivity contribution < 1.29 is 0 Å². The molecule has 1 unspecified atom stereocenters. The normalized spacial score (nSPS) is 17.2. The fraction of sp³-hybridized carbons (Fsp3) is 0.600. The smallest absolute Gasteiger partial charge is 0.225 e. The summed E-state index contributed by atoms with van der Waals surface area (Å²) < 4.78 is 0. The summed E-state index contributed by atoms with van der Waals surface area (Å²) in [4.78, 5) is 12.6. The average molecular weight is 305 g/mol. The second-order valence-electron chi connectivity index (χ2n) is 5.78. The van der Waals surface area contributed by atoms with Gasteiger partial charge in [-0.05, 0) is 43.3 Å². The summed E-state index contributed by atoms with van der Waals surface area (Å²) in [5.41, 5.74) is 0. The Kier molecular flexibility index (Phi) is 4.55. The Morgan fingerprint density at radius 3 is 2.90 bits per heavy atom. The van der Waals surface area contributed by atoms with Crippen LogP contribution in [0.1, 0.15) is 19.8 Å². The zero-order valence-electron chi connectivity index (χ0n) is 12.7. The number of hydrogen-bond acceptors (Lipinski definition) is 6. The van der Waals surface area contributed by atoms with Gasteiger partial charge in [-0.15, -0.1) is 11.3 Å². The number of likely N-dealkylation sites (tertiary alicyclic amines) is 1. The number of hydrogen-bond donors (Lipinski definition) is 2. The number of nitrogens with one attached hydrogen (secondary N) is 2. The number of aromatic nitrogens is 2. The third-order valence-corrected chi connectivity index (χ3v) is 4.74. The summed E-state index contributed by atoms with van der Waals surface area (Å²) in [6, 6.07) is 2.09. The van der Waals surface area contributed by atoms with Gasteiger partial charge in [0.1, 0.15) is 10.6 Å². The van der Waals surface area contributed by atoms with E-state index in [2.05, 4.69) is 43.9 Å². The third-order valence-electron chi connectivity index (χ3n) is 3.94. The Bertz CT molecular complexity index is 591. The largest absolute Gasteiger partial charge is 0.369 e. The molecule has 1 fully saturated rings. The topological polar surface area (TPSA) is 53.1 Å². The second kappa shape index (κ2) is 6.58. The molecule has 0 aliphatic carbocycles. The molecule has 114 valence electrons. The summed E-state index contributed by atoms with van der Waals surface area (Å²) in [6.07, 6.45) is 2.71. The molecule has 6 heteroatoms. The summed E-state index contributed by atoms with van der Waals surface area (Å²) >= 11 is 1.65. The van der Waals surface area contributed by atoms with Crippen molar-refractivity contribution in [3.05, 3.63) is 11.4 Å². The Balaban J connectivity index is 1.65. The molecule has 0 radical (unpaired) electrons. The van der Waals surface area contributed by atoms with Gasteiger partial charge in [0, 0.05) is 20.1 Å². The zero-order chi connectivity index (χ0) is 14.7. The van der Waals surface area contributed by atoms with Gasteiger partial charge in [0.25, 0.3) is 0 Å². The van der Waals surface area contributed by atoms with Crippen LogP contribution in [0.4, 0.5) is 11.8 Å². The maximum Gasteiger partial charge on any atom is 0.225 e. The highest BCUT2D eigenvalue weighted by atomic mass is 32.1. The van der Waals surface area contributed by atoms with E-state index in [-0.39, 0.29) is 0 Å². The first-order valence-electron chi connectivity index (χ1n) is 7.65. The van der Waals surface area contributed by atoms with Crippen molar-refractivity contribution in [3.63, 3.8) is 0 Å². The summed E-state index contributed by atoms with van der Waals surface area (Å²) in [7, 11) is 1.86. The minimum Gasteiger partial charge on any atom is -0.369 e. The Morgan fingerprint density at radius 1 is 1.33 bits per heavy atom. The van der Waals surface area contributed by atoms with Gasteiger partial charge >= 0.3 is 0 Å². The molecule has 3 heterocycles. The highest BCUT2D eigenvalue weighted by Crippen LogP contribution is 2.26. The van der Waals surface area contributed by atoms with Gasteiger partial charge in [0.15, 0.2) is 0 Å². The number of anilines is 2. The highest BCUT2D eigenvalue weighted by Gasteiger charge is 2.15. The van der Waals surface area contributed by atoms with Crippen LogP contribution in [0.25, 0.3) is 10.2 Å². The molecular formula is C15H23N5S. The molecule has 0 aromatic carbocycles. The minimum atomic E-state index is 0.616. The van der Waals surface area contributed by atoms with E-state index in [0.29, 0.717) is 11.9 Å². The molecule has 0 bridgehead atoms. The third kappa shape index (κ3) is 3.44. The van der Waals surface area contributed by atoms with Gasteiger partial charge in [-0.25, -0.2) is 4.98 Å². The molecule has 2 aromatic rings. The molecule has 21 heavy (non-hydrogen) atoms. The summed E-state index contributed by atoms with van der Waals surface area (Å²) in [5, 5.41) is 9.73.